The molecule has 0 amide bonds. The summed E-state index contributed by atoms with van der Waals surface area (Å²) in [7, 11) is 0. The van der Waals surface area contributed by atoms with Gasteiger partial charge >= 0.3 is 0 Å². The summed E-state index contributed by atoms with van der Waals surface area (Å²) in [6.45, 7) is 4.91. The van der Waals surface area contributed by atoms with Crippen molar-refractivity contribution in [1.82, 2.24) is 20.0 Å². The average Bonchev–Trinajstić information content (AvgIpc) is 3.28. The summed E-state index contributed by atoms with van der Waals surface area (Å²) in [5.41, 5.74) is 2.11. The fourth-order valence-electron chi connectivity index (χ4n) is 2.81. The van der Waals surface area contributed by atoms with Gasteiger partial charge in [-0.15, -0.1) is 11.3 Å². The van der Waals surface area contributed by atoms with Crippen LogP contribution in [-0.2, 0) is 13.1 Å². The molecule has 6 nitrogen and oxygen atoms in total. The first-order valence-corrected chi connectivity index (χ1v) is 10.3. The van der Waals surface area contributed by atoms with Crippen molar-refractivity contribution in [2.75, 3.05) is 13.2 Å². The highest BCUT2D eigenvalue weighted by Gasteiger charge is 2.22. The second-order valence-electron chi connectivity index (χ2n) is 6.74. The molecule has 3 aromatic rings. The standard InChI is InChI=1S/C20H25N5OS/c1-2-21-19(23-12-17-13-25-9-10-27-20(25)24-17)22-11-16-5-3-4-6-18(16)26-14-15-7-8-15/h3-6,9-10,13,15H,2,7-8,11-12,14H2,1H3,(H2,21,22,23). The van der Waals surface area contributed by atoms with Gasteiger partial charge in [-0.2, -0.15) is 0 Å². The largest absolute Gasteiger partial charge is 0.493 e. The molecule has 1 aliphatic rings. The van der Waals surface area contributed by atoms with E-state index in [1.165, 1.54) is 12.8 Å². The molecule has 1 saturated carbocycles. The molecule has 0 atom stereocenters. The van der Waals surface area contributed by atoms with Crippen molar-refractivity contribution in [3.05, 3.63) is 53.3 Å². The Balaban J connectivity index is 1.39. The van der Waals surface area contributed by atoms with Crippen molar-refractivity contribution in [3.63, 3.8) is 0 Å². The molecule has 0 saturated heterocycles. The van der Waals surface area contributed by atoms with Crippen molar-refractivity contribution in [3.8, 4) is 5.75 Å². The molecule has 2 N–H and O–H groups in total. The number of aliphatic imine (C=N–C) groups is 1. The van der Waals surface area contributed by atoms with Gasteiger partial charge in [0.2, 0.25) is 0 Å². The van der Waals surface area contributed by atoms with Gasteiger partial charge in [0.1, 0.15) is 5.75 Å². The molecule has 0 bridgehead atoms. The third-order valence-corrected chi connectivity index (χ3v) is 5.25. The Bertz CT molecular complexity index is 883. The summed E-state index contributed by atoms with van der Waals surface area (Å²) in [5.74, 6) is 2.47. The molecule has 1 fully saturated rings. The lowest BCUT2D eigenvalue weighted by atomic mass is 10.2. The first-order valence-electron chi connectivity index (χ1n) is 9.46. The number of benzene rings is 1. The van der Waals surface area contributed by atoms with Gasteiger partial charge in [0.15, 0.2) is 10.9 Å². The van der Waals surface area contributed by atoms with Crippen LogP contribution in [-0.4, -0.2) is 28.5 Å². The lowest BCUT2D eigenvalue weighted by Gasteiger charge is -2.12. The van der Waals surface area contributed by atoms with E-state index in [2.05, 4.69) is 28.6 Å². The van der Waals surface area contributed by atoms with Crippen molar-refractivity contribution in [2.24, 2.45) is 10.9 Å². The molecule has 0 unspecified atom stereocenters. The molecular formula is C20H25N5OS. The zero-order valence-corrected chi connectivity index (χ0v) is 16.3. The molecule has 2 aromatic heterocycles. The van der Waals surface area contributed by atoms with Crippen molar-refractivity contribution in [1.29, 1.82) is 0 Å². The quantitative estimate of drug-likeness (QED) is 0.462. The maximum absolute atomic E-state index is 5.99. The SMILES string of the molecule is CCNC(=NCc1ccccc1OCC1CC1)NCc1cn2ccsc2n1. The van der Waals surface area contributed by atoms with Crippen LogP contribution < -0.4 is 15.4 Å². The van der Waals surface area contributed by atoms with Crippen LogP contribution >= 0.6 is 11.3 Å². The molecule has 7 heteroatoms. The van der Waals surface area contributed by atoms with Crippen molar-refractivity contribution >= 4 is 22.3 Å². The van der Waals surface area contributed by atoms with E-state index in [0.717, 1.165) is 47.0 Å². The molecule has 0 radical (unpaired) electrons. The van der Waals surface area contributed by atoms with Crippen molar-refractivity contribution < 1.29 is 4.74 Å². The maximum atomic E-state index is 5.99. The minimum absolute atomic E-state index is 0.578. The number of ether oxygens (including phenoxy) is 1. The van der Waals surface area contributed by atoms with E-state index in [-0.39, 0.29) is 0 Å². The highest BCUT2D eigenvalue weighted by Crippen LogP contribution is 2.30. The zero-order chi connectivity index (χ0) is 18.5. The summed E-state index contributed by atoms with van der Waals surface area (Å²) in [6.07, 6.45) is 6.65. The van der Waals surface area contributed by atoms with Crippen LogP contribution in [0.25, 0.3) is 4.96 Å². The van der Waals surface area contributed by atoms with Gasteiger partial charge in [-0.05, 0) is 31.7 Å². The zero-order valence-electron chi connectivity index (χ0n) is 15.5. The monoisotopic (exact) mass is 383 g/mol. The number of imidazole rings is 1. The highest BCUT2D eigenvalue weighted by atomic mass is 32.1. The molecule has 27 heavy (non-hydrogen) atoms. The van der Waals surface area contributed by atoms with E-state index in [4.69, 9.17) is 9.73 Å². The van der Waals surface area contributed by atoms with Gasteiger partial charge in [0, 0.05) is 29.9 Å². The van der Waals surface area contributed by atoms with Crippen LogP contribution in [0.4, 0.5) is 0 Å². The summed E-state index contributed by atoms with van der Waals surface area (Å²) < 4.78 is 8.03. The number of fused-ring (bicyclic) bond motifs is 1. The number of para-hydroxylation sites is 1. The van der Waals surface area contributed by atoms with Crippen molar-refractivity contribution in [2.45, 2.75) is 32.9 Å². The number of guanidine groups is 1. The van der Waals surface area contributed by atoms with Crippen LogP contribution in [0.5, 0.6) is 5.75 Å². The van der Waals surface area contributed by atoms with Gasteiger partial charge in [0.25, 0.3) is 0 Å². The molecule has 2 heterocycles. The van der Waals surface area contributed by atoms with E-state index in [9.17, 15) is 0 Å². The Hall–Kier alpha value is -2.54. The smallest absolute Gasteiger partial charge is 0.193 e. The number of hydrogen-bond acceptors (Lipinski definition) is 4. The van der Waals surface area contributed by atoms with Gasteiger partial charge in [-0.25, -0.2) is 9.98 Å². The van der Waals surface area contributed by atoms with E-state index in [1.54, 1.807) is 11.3 Å². The third-order valence-electron chi connectivity index (χ3n) is 4.48. The first kappa shape index (κ1) is 17.9. The van der Waals surface area contributed by atoms with Crippen LogP contribution in [0.15, 0.2) is 47.0 Å². The number of thiazole rings is 1. The van der Waals surface area contributed by atoms with E-state index in [0.29, 0.717) is 13.1 Å². The third kappa shape index (κ3) is 4.80. The summed E-state index contributed by atoms with van der Waals surface area (Å²) in [4.78, 5) is 10.3. The topological polar surface area (TPSA) is 63.0 Å². The molecular weight excluding hydrogens is 358 g/mol. The lowest BCUT2D eigenvalue weighted by molar-refractivity contribution is 0.297. The summed E-state index contributed by atoms with van der Waals surface area (Å²) >= 11 is 1.64. The second kappa shape index (κ2) is 8.43. The molecule has 1 aliphatic carbocycles. The Morgan fingerprint density at radius 3 is 3.04 bits per heavy atom. The predicted molar refractivity (Wildman–Crippen MR) is 109 cm³/mol. The second-order valence-corrected chi connectivity index (χ2v) is 7.61. The fraction of sp³-hybridized carbons (Fsp3) is 0.400. The highest BCUT2D eigenvalue weighted by molar-refractivity contribution is 7.15. The molecule has 4 rings (SSSR count). The number of rotatable bonds is 8. The Morgan fingerprint density at radius 1 is 1.33 bits per heavy atom. The Labute approximate surface area is 163 Å². The van der Waals surface area contributed by atoms with Gasteiger partial charge in [-0.3, -0.25) is 4.40 Å². The van der Waals surface area contributed by atoms with Crippen LogP contribution in [0.2, 0.25) is 0 Å². The molecule has 0 aliphatic heterocycles. The minimum Gasteiger partial charge on any atom is -0.493 e. The van der Waals surface area contributed by atoms with Crippen LogP contribution in [0.1, 0.15) is 31.0 Å². The lowest BCUT2D eigenvalue weighted by Crippen LogP contribution is -2.36. The number of hydrogen-bond donors (Lipinski definition) is 2. The van der Waals surface area contributed by atoms with Gasteiger partial charge in [0.05, 0.1) is 25.4 Å². The normalized spacial score (nSPS) is 14.5. The Morgan fingerprint density at radius 2 is 2.22 bits per heavy atom. The van der Waals surface area contributed by atoms with Crippen LogP contribution in [0.3, 0.4) is 0 Å². The van der Waals surface area contributed by atoms with Crippen LogP contribution in [0, 0.1) is 5.92 Å². The molecule has 0 spiro atoms. The van der Waals surface area contributed by atoms with Gasteiger partial charge < -0.3 is 15.4 Å². The maximum Gasteiger partial charge on any atom is 0.193 e. The van der Waals surface area contributed by atoms with Gasteiger partial charge in [-0.1, -0.05) is 18.2 Å². The predicted octanol–water partition coefficient (Wildman–Crippen LogP) is 3.44. The van der Waals surface area contributed by atoms with E-state index >= 15 is 0 Å². The first-order chi connectivity index (χ1) is 13.3. The van der Waals surface area contributed by atoms with E-state index < -0.39 is 0 Å². The fourth-order valence-corrected chi connectivity index (χ4v) is 3.53. The van der Waals surface area contributed by atoms with E-state index in [1.807, 2.05) is 40.4 Å². The average molecular weight is 384 g/mol. The number of nitrogens with one attached hydrogen (secondary N) is 2. The molecule has 142 valence electrons. The number of nitrogens with zero attached hydrogens (tertiary/aromatic N) is 3. The Kier molecular flexibility index (Phi) is 5.58. The number of aromatic nitrogens is 2. The summed E-state index contributed by atoms with van der Waals surface area (Å²) in [6, 6.07) is 8.17. The molecule has 1 aromatic carbocycles. The minimum atomic E-state index is 0.578. The summed E-state index contributed by atoms with van der Waals surface area (Å²) in [5, 5.41) is 8.70.